The first-order valence-corrected chi connectivity index (χ1v) is 16.0. The van der Waals surface area contributed by atoms with Crippen LogP contribution in [-0.4, -0.2) is 17.7 Å². The number of benzene rings is 5. The highest BCUT2D eigenvalue weighted by Gasteiger charge is 2.23. The zero-order valence-electron chi connectivity index (χ0n) is 25.6. The molecule has 0 aliphatic carbocycles. The van der Waals surface area contributed by atoms with E-state index in [0.717, 1.165) is 22.4 Å². The van der Waals surface area contributed by atoms with Crippen LogP contribution >= 0.6 is 23.4 Å². The summed E-state index contributed by atoms with van der Waals surface area (Å²) < 4.78 is 14.7. The molecule has 6 nitrogen and oxygen atoms in total. The van der Waals surface area contributed by atoms with Gasteiger partial charge in [-0.25, -0.2) is 4.39 Å². The highest BCUT2D eigenvalue weighted by atomic mass is 35.5. The van der Waals surface area contributed by atoms with Gasteiger partial charge >= 0.3 is 0 Å². The summed E-state index contributed by atoms with van der Waals surface area (Å²) in [5.74, 6) is -2.09. The van der Waals surface area contributed by atoms with Gasteiger partial charge in [0.2, 0.25) is 5.91 Å². The van der Waals surface area contributed by atoms with Crippen molar-refractivity contribution < 1.29 is 18.8 Å². The maximum absolute atomic E-state index is 14.7. The van der Waals surface area contributed by atoms with Crippen molar-refractivity contribution in [2.45, 2.75) is 24.0 Å². The lowest BCUT2D eigenvalue weighted by Crippen LogP contribution is -2.30. The predicted octanol–water partition coefficient (Wildman–Crippen LogP) is 8.98. The third-order valence-electron chi connectivity index (χ3n) is 7.15. The summed E-state index contributed by atoms with van der Waals surface area (Å²) in [6, 6.07) is 34.8. The molecule has 9 heteroatoms. The Morgan fingerprint density at radius 3 is 2.21 bits per heavy atom. The Bertz CT molecular complexity index is 1930. The first-order valence-electron chi connectivity index (χ1n) is 14.7. The van der Waals surface area contributed by atoms with E-state index in [1.54, 1.807) is 48.5 Å². The number of amides is 3. The summed E-state index contributed by atoms with van der Waals surface area (Å²) in [6.07, 6.45) is 1.20. The molecule has 0 fully saturated rings. The molecule has 0 bridgehead atoms. The number of nitrogens with one attached hydrogen (secondary N) is 3. The fraction of sp³-hybridized carbons (Fsp3) is 0.0789. The lowest BCUT2D eigenvalue weighted by atomic mass is 10.1. The number of aryl methyl sites for hydroxylation is 2. The molecule has 0 aliphatic rings. The average Bonchev–Trinajstić information content (AvgIpc) is 3.07. The van der Waals surface area contributed by atoms with Crippen molar-refractivity contribution in [2.24, 2.45) is 0 Å². The highest BCUT2D eigenvalue weighted by Crippen LogP contribution is 2.37. The maximum Gasteiger partial charge on any atom is 0.272 e. The predicted molar refractivity (Wildman–Crippen MR) is 188 cm³/mol. The van der Waals surface area contributed by atoms with Crippen LogP contribution in [0, 0.1) is 19.7 Å². The molecule has 0 heterocycles. The molecule has 5 aromatic carbocycles. The van der Waals surface area contributed by atoms with Crippen LogP contribution in [0.5, 0.6) is 0 Å². The van der Waals surface area contributed by atoms with Crippen molar-refractivity contribution in [1.29, 1.82) is 0 Å². The van der Waals surface area contributed by atoms with Crippen molar-refractivity contribution in [1.82, 2.24) is 5.32 Å². The maximum atomic E-state index is 14.7. The highest BCUT2D eigenvalue weighted by molar-refractivity contribution is 8.00. The smallest absolute Gasteiger partial charge is 0.272 e. The first kappa shape index (κ1) is 33.2. The molecule has 5 rings (SSSR count). The standard InChI is InChI=1S/C38H31ClFN3O3S/c1-24-19-20-25(2)33(21-24)42-38(46)35(26-11-5-3-6-12-26)47-29-16-9-15-28(22-29)41-37(45)34(23-30-31(39)17-10-18-32(30)40)43-36(44)27-13-7-4-8-14-27/h3-23,35H,1-2H3,(H,41,45)(H,42,46)(H,43,44)/b34-23+. The van der Waals surface area contributed by atoms with E-state index in [4.69, 9.17) is 11.6 Å². The molecule has 0 radical (unpaired) electrons. The molecule has 0 spiro atoms. The van der Waals surface area contributed by atoms with Gasteiger partial charge in [0.05, 0.1) is 5.02 Å². The number of hydrogen-bond donors (Lipinski definition) is 3. The van der Waals surface area contributed by atoms with Gasteiger partial charge in [-0.05, 0) is 85.1 Å². The van der Waals surface area contributed by atoms with Crippen molar-refractivity contribution >= 4 is 58.5 Å². The molecule has 5 aromatic rings. The molecule has 3 N–H and O–H groups in total. The van der Waals surface area contributed by atoms with Crippen LogP contribution in [0.4, 0.5) is 15.8 Å². The number of carbonyl (C=O) groups excluding carboxylic acids is 3. The van der Waals surface area contributed by atoms with Crippen LogP contribution in [0.2, 0.25) is 5.02 Å². The lowest BCUT2D eigenvalue weighted by Gasteiger charge is -2.19. The molecule has 0 saturated heterocycles. The SMILES string of the molecule is Cc1ccc(C)c(NC(=O)C(Sc2cccc(NC(=O)/C(=C\c3c(F)cccc3Cl)NC(=O)c3ccccc3)c2)c2ccccc2)c1. The minimum atomic E-state index is -0.692. The van der Waals surface area contributed by atoms with Crippen LogP contribution in [-0.2, 0) is 9.59 Å². The monoisotopic (exact) mass is 663 g/mol. The molecule has 0 saturated carbocycles. The van der Waals surface area contributed by atoms with Crippen LogP contribution in [0.1, 0.15) is 37.9 Å². The third kappa shape index (κ3) is 8.76. The van der Waals surface area contributed by atoms with E-state index >= 15 is 0 Å². The number of halogens is 2. The van der Waals surface area contributed by atoms with Gasteiger partial charge in [-0.15, -0.1) is 11.8 Å². The molecule has 1 unspecified atom stereocenters. The molecule has 47 heavy (non-hydrogen) atoms. The van der Waals surface area contributed by atoms with Gasteiger partial charge < -0.3 is 16.0 Å². The Hall–Kier alpha value is -5.18. The second kappa shape index (κ2) is 15.4. The van der Waals surface area contributed by atoms with Crippen molar-refractivity contribution in [3.63, 3.8) is 0 Å². The first-order chi connectivity index (χ1) is 22.7. The number of rotatable bonds is 10. The Morgan fingerprint density at radius 2 is 1.49 bits per heavy atom. The quantitative estimate of drug-likeness (QED) is 0.103. The molecule has 1 atom stereocenters. The summed E-state index contributed by atoms with van der Waals surface area (Å²) in [7, 11) is 0. The molecule has 0 aliphatic heterocycles. The average molecular weight is 664 g/mol. The summed E-state index contributed by atoms with van der Waals surface area (Å²) in [4.78, 5) is 41.0. The number of thioether (sulfide) groups is 1. The van der Waals surface area contributed by atoms with E-state index in [2.05, 4.69) is 16.0 Å². The third-order valence-corrected chi connectivity index (χ3v) is 8.73. The van der Waals surface area contributed by atoms with Gasteiger partial charge in [0.15, 0.2) is 0 Å². The van der Waals surface area contributed by atoms with E-state index < -0.39 is 22.9 Å². The van der Waals surface area contributed by atoms with Crippen LogP contribution < -0.4 is 16.0 Å². The second-order valence-electron chi connectivity index (χ2n) is 10.7. The second-order valence-corrected chi connectivity index (χ2v) is 12.3. The number of carbonyl (C=O) groups is 3. The van der Waals surface area contributed by atoms with E-state index in [1.807, 2.05) is 68.4 Å². The zero-order valence-corrected chi connectivity index (χ0v) is 27.2. The fourth-order valence-electron chi connectivity index (χ4n) is 4.69. The van der Waals surface area contributed by atoms with E-state index in [9.17, 15) is 18.8 Å². The molecular formula is C38H31ClFN3O3S. The van der Waals surface area contributed by atoms with Gasteiger partial charge in [0, 0.05) is 27.4 Å². The van der Waals surface area contributed by atoms with Crippen molar-refractivity contribution in [2.75, 3.05) is 10.6 Å². The van der Waals surface area contributed by atoms with Gasteiger partial charge in [0.1, 0.15) is 16.8 Å². The van der Waals surface area contributed by atoms with Crippen LogP contribution in [0.25, 0.3) is 6.08 Å². The number of hydrogen-bond acceptors (Lipinski definition) is 4. The normalized spacial score (nSPS) is 11.8. The molecule has 236 valence electrons. The van der Waals surface area contributed by atoms with Crippen molar-refractivity contribution in [3.8, 4) is 0 Å². The Balaban J connectivity index is 1.41. The van der Waals surface area contributed by atoms with Gasteiger partial charge in [0.25, 0.3) is 11.8 Å². The minimum Gasteiger partial charge on any atom is -0.325 e. The van der Waals surface area contributed by atoms with E-state index in [0.29, 0.717) is 16.1 Å². The summed E-state index contributed by atoms with van der Waals surface area (Å²) in [5.41, 5.74) is 4.00. The lowest BCUT2D eigenvalue weighted by molar-refractivity contribution is -0.116. The molecule has 3 amide bonds. The van der Waals surface area contributed by atoms with Crippen LogP contribution in [0.15, 0.2) is 132 Å². The zero-order chi connectivity index (χ0) is 33.3. The van der Waals surface area contributed by atoms with Gasteiger partial charge in [-0.1, -0.05) is 84.4 Å². The largest absolute Gasteiger partial charge is 0.325 e. The Labute approximate surface area is 282 Å². The Morgan fingerprint density at radius 1 is 0.787 bits per heavy atom. The van der Waals surface area contributed by atoms with E-state index in [1.165, 1.54) is 36.0 Å². The topological polar surface area (TPSA) is 87.3 Å². The summed E-state index contributed by atoms with van der Waals surface area (Å²) >= 11 is 7.57. The van der Waals surface area contributed by atoms with Crippen molar-refractivity contribution in [3.05, 3.63) is 166 Å². The number of anilines is 2. The Kier molecular flexibility index (Phi) is 10.9. The minimum absolute atomic E-state index is 0.0439. The van der Waals surface area contributed by atoms with Crippen LogP contribution in [0.3, 0.4) is 0 Å². The van der Waals surface area contributed by atoms with E-state index in [-0.39, 0.29) is 22.2 Å². The summed E-state index contributed by atoms with van der Waals surface area (Å²) in [6.45, 7) is 3.91. The van der Waals surface area contributed by atoms with Gasteiger partial charge in [-0.2, -0.15) is 0 Å². The molecular weight excluding hydrogens is 633 g/mol. The molecule has 0 aromatic heterocycles. The van der Waals surface area contributed by atoms with Gasteiger partial charge in [-0.3, -0.25) is 14.4 Å². The summed E-state index contributed by atoms with van der Waals surface area (Å²) in [5, 5.41) is 7.94. The fourth-order valence-corrected chi connectivity index (χ4v) is 5.99.